The molecule has 3 atom stereocenters. The number of hydrogen-bond acceptors (Lipinski definition) is 14. The Morgan fingerprint density at radius 1 is 0.930 bits per heavy atom. The Bertz CT molecular complexity index is 1810. The van der Waals surface area contributed by atoms with Crippen molar-refractivity contribution >= 4 is 45.4 Å². The minimum Gasteiger partial charge on any atom is -0.380 e. The number of hydrogen-bond donors (Lipinski definition) is 7. The van der Waals surface area contributed by atoms with E-state index in [1.807, 2.05) is 18.7 Å². The van der Waals surface area contributed by atoms with Gasteiger partial charge in [0.05, 0.1) is 56.5 Å². The second-order valence-electron chi connectivity index (χ2n) is 14.9. The SMILES string of the molecule is Cc1ccc(C(=O)NCc2cn[nH]n2)cc1S(=O)(=O)OCC(C)(O)C(=O)[C@H](CC(C)C)NC(=O)CNC(=O)[C@H](CC(C)C)NC(=O)CNC(=O)CN1CCOCC1. The van der Waals surface area contributed by atoms with E-state index >= 15 is 0 Å². The van der Waals surface area contributed by atoms with Crippen LogP contribution < -0.4 is 26.6 Å². The number of aryl methyl sites for hydroxylation is 1. The molecule has 1 saturated heterocycles. The van der Waals surface area contributed by atoms with Crippen LogP contribution in [0.2, 0.25) is 0 Å². The molecule has 21 heteroatoms. The number of morpholine rings is 1. The molecule has 2 aromatic rings. The van der Waals surface area contributed by atoms with Crippen molar-refractivity contribution in [2.24, 2.45) is 11.8 Å². The fourth-order valence-corrected chi connectivity index (χ4v) is 6.93. The summed E-state index contributed by atoms with van der Waals surface area (Å²) < 4.78 is 37.0. The number of nitrogens with one attached hydrogen (secondary N) is 6. The van der Waals surface area contributed by atoms with Crippen LogP contribution in [0.4, 0.5) is 0 Å². The first-order valence-electron chi connectivity index (χ1n) is 18.6. The van der Waals surface area contributed by atoms with E-state index in [2.05, 4.69) is 42.0 Å². The van der Waals surface area contributed by atoms with Crippen LogP contribution in [0.5, 0.6) is 0 Å². The number of Topliss-reactive ketones (excluding diaryl/α,β-unsaturated/α-hetero) is 1. The molecule has 0 bridgehead atoms. The van der Waals surface area contributed by atoms with E-state index in [0.29, 0.717) is 32.0 Å². The van der Waals surface area contributed by atoms with E-state index in [1.54, 1.807) is 13.8 Å². The number of ketones is 1. The molecule has 7 N–H and O–H groups in total. The van der Waals surface area contributed by atoms with Crippen molar-refractivity contribution in [2.45, 2.75) is 83.5 Å². The summed E-state index contributed by atoms with van der Waals surface area (Å²) in [6.07, 6.45) is 1.69. The molecule has 1 aliphatic heterocycles. The lowest BCUT2D eigenvalue weighted by Crippen LogP contribution is -2.55. The summed E-state index contributed by atoms with van der Waals surface area (Å²) in [6, 6.07) is 1.60. The number of ether oxygens (including phenoxy) is 1. The number of rotatable bonds is 22. The van der Waals surface area contributed by atoms with Crippen LogP contribution in [0.1, 0.15) is 69.1 Å². The second kappa shape index (κ2) is 21.6. The van der Waals surface area contributed by atoms with Crippen LogP contribution in [-0.2, 0) is 49.6 Å². The zero-order chi connectivity index (χ0) is 42.3. The van der Waals surface area contributed by atoms with Gasteiger partial charge in [-0.05, 0) is 56.2 Å². The third kappa shape index (κ3) is 15.6. The molecule has 1 fully saturated rings. The molecule has 1 aromatic heterocycles. The van der Waals surface area contributed by atoms with Gasteiger partial charge in [-0.15, -0.1) is 0 Å². The van der Waals surface area contributed by atoms with Crippen LogP contribution in [0.3, 0.4) is 0 Å². The van der Waals surface area contributed by atoms with Gasteiger partial charge in [-0.25, -0.2) is 0 Å². The van der Waals surface area contributed by atoms with Crippen molar-refractivity contribution in [3.63, 3.8) is 0 Å². The summed E-state index contributed by atoms with van der Waals surface area (Å²) in [7, 11) is -4.61. The largest absolute Gasteiger partial charge is 0.380 e. The molecular weight excluding hydrogens is 767 g/mol. The minimum atomic E-state index is -4.61. The standard InChI is InChI=1S/C36H55N9O11S/c1-22(2)13-27(41-31(47)19-39-35(51)28(14-23(3)4)42-30(46)18-37-32(48)20-45-9-11-55-12-10-45)33(49)36(6,52)21-56-57(53,54)29-15-25(8-7-24(29)5)34(50)38-16-26-17-40-44-43-26/h7-8,15,17,22-23,27-28,52H,9-14,16,18-21H2,1-6H3,(H,37,48)(H,38,50)(H,39,51)(H,41,47)(H,42,46)(H,40,43,44)/t27-,28-,36?/m0/s1. The first kappa shape index (κ1) is 46.6. The van der Waals surface area contributed by atoms with Crippen LogP contribution >= 0.6 is 0 Å². The molecular formula is C36H55N9O11S. The Labute approximate surface area is 332 Å². The van der Waals surface area contributed by atoms with Crippen LogP contribution in [0.15, 0.2) is 29.3 Å². The number of aliphatic hydroxyl groups is 1. The molecule has 57 heavy (non-hydrogen) atoms. The number of H-pyrrole nitrogens is 1. The highest BCUT2D eigenvalue weighted by Gasteiger charge is 2.39. The highest BCUT2D eigenvalue weighted by molar-refractivity contribution is 7.86. The lowest BCUT2D eigenvalue weighted by molar-refractivity contribution is -0.143. The lowest BCUT2D eigenvalue weighted by atomic mass is 9.90. The molecule has 1 aliphatic rings. The Balaban J connectivity index is 1.58. The molecule has 0 saturated carbocycles. The van der Waals surface area contributed by atoms with Crippen LogP contribution in [-0.4, -0.2) is 139 Å². The molecule has 0 radical (unpaired) electrons. The zero-order valence-electron chi connectivity index (χ0n) is 33.2. The smallest absolute Gasteiger partial charge is 0.297 e. The Kier molecular flexibility index (Phi) is 17.7. The average molecular weight is 822 g/mol. The first-order valence-corrected chi connectivity index (χ1v) is 20.0. The van der Waals surface area contributed by atoms with E-state index in [-0.39, 0.29) is 66.2 Å². The van der Waals surface area contributed by atoms with Crippen molar-refractivity contribution in [2.75, 3.05) is 52.5 Å². The van der Waals surface area contributed by atoms with Gasteiger partial charge in [0.25, 0.3) is 16.0 Å². The van der Waals surface area contributed by atoms with E-state index in [0.717, 1.165) is 13.0 Å². The molecule has 20 nitrogen and oxygen atoms in total. The van der Waals surface area contributed by atoms with Crippen LogP contribution in [0.25, 0.3) is 0 Å². The van der Waals surface area contributed by atoms with E-state index in [4.69, 9.17) is 8.92 Å². The second-order valence-corrected chi connectivity index (χ2v) is 16.4. The lowest BCUT2D eigenvalue weighted by Gasteiger charge is -2.28. The van der Waals surface area contributed by atoms with Gasteiger partial charge in [-0.3, -0.25) is 37.9 Å². The molecule has 1 aromatic carbocycles. The highest BCUT2D eigenvalue weighted by Crippen LogP contribution is 2.22. The third-order valence-corrected chi connectivity index (χ3v) is 10.1. The van der Waals surface area contributed by atoms with Crippen molar-refractivity contribution in [3.8, 4) is 0 Å². The Morgan fingerprint density at radius 2 is 1.54 bits per heavy atom. The maximum absolute atomic E-state index is 13.6. The van der Waals surface area contributed by atoms with Gasteiger partial charge < -0.3 is 36.4 Å². The van der Waals surface area contributed by atoms with Gasteiger partial charge in [0.2, 0.25) is 23.6 Å². The number of aromatic amines is 1. The molecule has 316 valence electrons. The maximum Gasteiger partial charge on any atom is 0.297 e. The van der Waals surface area contributed by atoms with Gasteiger partial charge >= 0.3 is 0 Å². The average Bonchev–Trinajstić information content (AvgIpc) is 3.68. The van der Waals surface area contributed by atoms with Crippen molar-refractivity contribution < 1.29 is 51.2 Å². The van der Waals surface area contributed by atoms with Gasteiger partial charge in [0.1, 0.15) is 23.9 Å². The van der Waals surface area contributed by atoms with Crippen molar-refractivity contribution in [1.29, 1.82) is 0 Å². The fourth-order valence-electron chi connectivity index (χ4n) is 5.68. The predicted molar refractivity (Wildman–Crippen MR) is 204 cm³/mol. The molecule has 1 unspecified atom stereocenters. The highest BCUT2D eigenvalue weighted by atomic mass is 32.2. The number of carbonyl (C=O) groups excluding carboxylic acids is 6. The summed E-state index contributed by atoms with van der Waals surface area (Å²) in [5.74, 6) is -4.15. The summed E-state index contributed by atoms with van der Waals surface area (Å²) in [4.78, 5) is 79.0. The Hall–Kier alpha value is -4.83. The number of aromatic nitrogens is 3. The number of amides is 5. The third-order valence-electron chi connectivity index (χ3n) is 8.70. The Morgan fingerprint density at radius 3 is 2.16 bits per heavy atom. The first-order chi connectivity index (χ1) is 26.8. The topological polar surface area (TPSA) is 280 Å². The summed E-state index contributed by atoms with van der Waals surface area (Å²) in [5.41, 5.74) is -1.72. The van der Waals surface area contributed by atoms with E-state index < -0.39 is 70.4 Å². The van der Waals surface area contributed by atoms with Gasteiger partial charge in [-0.2, -0.15) is 23.8 Å². The molecule has 0 aliphatic carbocycles. The predicted octanol–water partition coefficient (Wildman–Crippen LogP) is -1.31. The maximum atomic E-state index is 13.6. The van der Waals surface area contributed by atoms with Gasteiger partial charge in [0.15, 0.2) is 5.78 Å². The van der Waals surface area contributed by atoms with Crippen LogP contribution in [0, 0.1) is 18.8 Å². The quantitative estimate of drug-likeness (QED) is 0.0680. The zero-order valence-corrected chi connectivity index (χ0v) is 34.0. The monoisotopic (exact) mass is 821 g/mol. The normalized spacial score (nSPS) is 15.6. The fraction of sp³-hybridized carbons (Fsp3) is 0.611. The summed E-state index contributed by atoms with van der Waals surface area (Å²) in [6.45, 7) is 10.2. The molecule has 3 rings (SSSR count). The number of carbonyl (C=O) groups is 6. The van der Waals surface area contributed by atoms with Gasteiger partial charge in [0, 0.05) is 18.7 Å². The molecule has 2 heterocycles. The van der Waals surface area contributed by atoms with E-state index in [9.17, 15) is 42.3 Å². The molecule has 5 amide bonds. The summed E-state index contributed by atoms with van der Waals surface area (Å²) >= 11 is 0. The minimum absolute atomic E-state index is 0.00224. The molecule has 0 spiro atoms. The van der Waals surface area contributed by atoms with Crippen molar-refractivity contribution in [3.05, 3.63) is 41.2 Å². The van der Waals surface area contributed by atoms with E-state index in [1.165, 1.54) is 25.3 Å². The number of benzene rings is 1. The number of nitrogens with zero attached hydrogens (tertiary/aromatic N) is 3. The summed E-state index contributed by atoms with van der Waals surface area (Å²) in [5, 5.41) is 33.8. The van der Waals surface area contributed by atoms with Crippen molar-refractivity contribution in [1.82, 2.24) is 46.9 Å². The van der Waals surface area contributed by atoms with Gasteiger partial charge in [-0.1, -0.05) is 33.8 Å².